The Kier molecular flexibility index (Phi) is 21.2. The van der Waals surface area contributed by atoms with Crippen LogP contribution in [0.25, 0.3) is 0 Å². The summed E-state index contributed by atoms with van der Waals surface area (Å²) in [6.07, 6.45) is -0.156. The molecule has 0 aromatic rings. The van der Waals surface area contributed by atoms with E-state index in [-0.39, 0.29) is 6.61 Å². The van der Waals surface area contributed by atoms with E-state index in [9.17, 15) is 55.5 Å². The summed E-state index contributed by atoms with van der Waals surface area (Å²) >= 11 is 0. The number of aliphatic hydroxyl groups excluding tert-OH is 8. The van der Waals surface area contributed by atoms with Gasteiger partial charge in [0, 0.05) is 13.3 Å². The average molecular weight is 753 g/mol. The van der Waals surface area contributed by atoms with Gasteiger partial charge in [0.25, 0.3) is 5.79 Å². The molecule has 0 aliphatic carbocycles. The third-order valence-electron chi connectivity index (χ3n) is 9.53. The minimum atomic E-state index is -2.73. The SMILES string of the molecule is CCCCCCCCCCCCC/C=C/[C@@H](O)[C@@H](N)CO[C@@H]1O[C@H](CO[C@]2(C(=O)O)C[C@H](O)[C@@H](NC(C)=O)[C@H]([C@@H](O)[C@H](O)CO)O2)[C@@H](O)[C@H](O)[C@H]1O. The molecule has 13 atom stereocenters. The molecule has 12 N–H and O–H groups in total. The first-order valence-electron chi connectivity index (χ1n) is 18.6. The molecule has 17 nitrogen and oxygen atoms in total. The van der Waals surface area contributed by atoms with Crippen LogP contribution in [0.3, 0.4) is 0 Å². The number of aliphatic carboxylic acids is 1. The molecule has 2 aliphatic heterocycles. The number of carbonyl (C=O) groups is 2. The van der Waals surface area contributed by atoms with Gasteiger partial charge >= 0.3 is 5.97 Å². The predicted octanol–water partition coefficient (Wildman–Crippen LogP) is -1.08. The fraction of sp³-hybridized carbons (Fsp3) is 0.886. The standard InChI is InChI=1S/C35H64N2O15/c1-3-4-5-6-7-8-9-10-11-12-13-14-15-16-23(40)22(36)19-49-33-31(46)30(45)29(44)26(51-33)20-50-35(34(47)48)17-24(41)27(37-21(2)39)32(52-35)28(43)25(42)18-38/h15-16,22-33,38,40-46H,3-14,17-20,36H2,1-2H3,(H,37,39)(H,47,48)/b16-15+/t22-,23+,24-,25+,26+,27+,28-,29+,30-,31+,32+,33+,35+/m0/s1. The van der Waals surface area contributed by atoms with Gasteiger partial charge in [0.1, 0.15) is 42.7 Å². The van der Waals surface area contributed by atoms with E-state index in [4.69, 9.17) is 24.7 Å². The highest BCUT2D eigenvalue weighted by Gasteiger charge is 2.56. The molecule has 0 bridgehead atoms. The highest BCUT2D eigenvalue weighted by atomic mass is 16.7. The number of nitrogens with one attached hydrogen (secondary N) is 1. The van der Waals surface area contributed by atoms with E-state index in [1.54, 1.807) is 6.08 Å². The second-order valence-electron chi connectivity index (χ2n) is 13.9. The van der Waals surface area contributed by atoms with Crippen molar-refractivity contribution in [3.05, 3.63) is 12.2 Å². The van der Waals surface area contributed by atoms with Gasteiger partial charge in [-0.25, -0.2) is 4.79 Å². The van der Waals surface area contributed by atoms with Gasteiger partial charge in [-0.15, -0.1) is 0 Å². The Morgan fingerprint density at radius 2 is 1.54 bits per heavy atom. The summed E-state index contributed by atoms with van der Waals surface area (Å²) < 4.78 is 22.2. The fourth-order valence-electron chi connectivity index (χ4n) is 6.30. The van der Waals surface area contributed by atoms with Gasteiger partial charge in [-0.05, 0) is 12.8 Å². The summed E-state index contributed by atoms with van der Waals surface area (Å²) in [5.41, 5.74) is 6.07. The quantitative estimate of drug-likeness (QED) is 0.0391. The molecule has 0 aromatic carbocycles. The maximum absolute atomic E-state index is 12.4. The number of carboxylic acid groups (broad SMARTS) is 1. The Bertz CT molecular complexity index is 1060. The molecule has 2 fully saturated rings. The number of amides is 1. The van der Waals surface area contributed by atoms with Crippen molar-refractivity contribution in [3.63, 3.8) is 0 Å². The third kappa shape index (κ3) is 14.4. The van der Waals surface area contributed by atoms with Gasteiger partial charge in [0.2, 0.25) is 5.91 Å². The number of allylic oxidation sites excluding steroid dienone is 1. The molecule has 0 spiro atoms. The second-order valence-corrected chi connectivity index (χ2v) is 13.9. The smallest absolute Gasteiger partial charge is 0.364 e. The lowest BCUT2D eigenvalue weighted by molar-refractivity contribution is -0.339. The summed E-state index contributed by atoms with van der Waals surface area (Å²) in [5, 5.41) is 95.2. The number of ether oxygens (including phenoxy) is 4. The van der Waals surface area contributed by atoms with Crippen molar-refractivity contribution < 1.29 is 74.5 Å². The first-order valence-corrected chi connectivity index (χ1v) is 18.6. The molecule has 0 unspecified atom stereocenters. The summed E-state index contributed by atoms with van der Waals surface area (Å²) in [7, 11) is 0. The lowest BCUT2D eigenvalue weighted by atomic mass is 9.88. The molecule has 2 rings (SSSR count). The summed E-state index contributed by atoms with van der Waals surface area (Å²) in [6.45, 7) is 1.18. The van der Waals surface area contributed by atoms with E-state index >= 15 is 0 Å². The molecule has 2 aliphatic rings. The maximum atomic E-state index is 12.4. The van der Waals surface area contributed by atoms with Crippen molar-refractivity contribution in [3.8, 4) is 0 Å². The molecular formula is C35H64N2O15. The monoisotopic (exact) mass is 752 g/mol. The van der Waals surface area contributed by atoms with Crippen LogP contribution in [0.2, 0.25) is 0 Å². The van der Waals surface area contributed by atoms with Crippen LogP contribution in [-0.4, -0.2) is 157 Å². The van der Waals surface area contributed by atoms with Crippen molar-refractivity contribution >= 4 is 11.9 Å². The number of aliphatic hydroxyl groups is 8. The normalized spacial score (nSPS) is 32.0. The fourth-order valence-corrected chi connectivity index (χ4v) is 6.30. The van der Waals surface area contributed by atoms with Crippen molar-refractivity contribution in [1.29, 1.82) is 0 Å². The molecule has 2 heterocycles. The van der Waals surface area contributed by atoms with Gasteiger partial charge in [-0.2, -0.15) is 0 Å². The van der Waals surface area contributed by atoms with E-state index in [1.165, 1.54) is 57.8 Å². The van der Waals surface area contributed by atoms with Gasteiger partial charge in [0.15, 0.2) is 6.29 Å². The van der Waals surface area contributed by atoms with Crippen molar-refractivity contribution in [2.45, 2.75) is 176 Å². The first kappa shape index (κ1) is 46.3. The lowest BCUT2D eigenvalue weighted by Gasteiger charge is -2.47. The zero-order valence-corrected chi connectivity index (χ0v) is 30.4. The highest BCUT2D eigenvalue weighted by Crippen LogP contribution is 2.35. The van der Waals surface area contributed by atoms with E-state index in [1.807, 2.05) is 6.08 Å². The van der Waals surface area contributed by atoms with Crippen molar-refractivity contribution in [1.82, 2.24) is 5.32 Å². The molecule has 0 aromatic heterocycles. The summed E-state index contributed by atoms with van der Waals surface area (Å²) in [6, 6.07) is -2.38. The Hall–Kier alpha value is -1.84. The largest absolute Gasteiger partial charge is 0.477 e. The number of rotatable bonds is 25. The van der Waals surface area contributed by atoms with Crippen LogP contribution >= 0.6 is 0 Å². The Balaban J connectivity index is 1.91. The van der Waals surface area contributed by atoms with Gasteiger partial charge < -0.3 is 76.0 Å². The summed E-state index contributed by atoms with van der Waals surface area (Å²) in [5.74, 6) is -5.20. The molecular weight excluding hydrogens is 688 g/mol. The number of unbranched alkanes of at least 4 members (excludes halogenated alkanes) is 11. The van der Waals surface area contributed by atoms with E-state index < -0.39 is 111 Å². The van der Waals surface area contributed by atoms with Crippen LogP contribution in [0.4, 0.5) is 0 Å². The molecule has 0 saturated carbocycles. The number of carbonyl (C=O) groups excluding carboxylic acids is 1. The van der Waals surface area contributed by atoms with Crippen molar-refractivity contribution in [2.24, 2.45) is 5.73 Å². The van der Waals surface area contributed by atoms with Gasteiger partial charge in [-0.1, -0.05) is 83.3 Å². The van der Waals surface area contributed by atoms with Crippen LogP contribution in [-0.2, 0) is 28.5 Å². The maximum Gasteiger partial charge on any atom is 0.364 e. The Morgan fingerprint density at radius 1 is 0.942 bits per heavy atom. The molecule has 304 valence electrons. The van der Waals surface area contributed by atoms with Crippen LogP contribution in [0.15, 0.2) is 12.2 Å². The lowest BCUT2D eigenvalue weighted by Crippen LogP contribution is -2.68. The van der Waals surface area contributed by atoms with Crippen LogP contribution < -0.4 is 11.1 Å². The Labute approximate surface area is 305 Å². The number of hydrogen-bond donors (Lipinski definition) is 11. The van der Waals surface area contributed by atoms with Gasteiger partial charge in [-0.3, -0.25) is 4.79 Å². The topological polar surface area (TPSA) is 291 Å². The van der Waals surface area contributed by atoms with Crippen molar-refractivity contribution in [2.75, 3.05) is 19.8 Å². The minimum absolute atomic E-state index is 0.340. The number of carboxylic acids is 1. The zero-order chi connectivity index (χ0) is 38.8. The predicted molar refractivity (Wildman–Crippen MR) is 185 cm³/mol. The van der Waals surface area contributed by atoms with Crippen LogP contribution in [0, 0.1) is 0 Å². The average Bonchev–Trinajstić information content (AvgIpc) is 3.11. The molecule has 17 heteroatoms. The first-order chi connectivity index (χ1) is 24.7. The van der Waals surface area contributed by atoms with E-state index in [2.05, 4.69) is 12.2 Å². The molecule has 0 radical (unpaired) electrons. The summed E-state index contributed by atoms with van der Waals surface area (Å²) in [4.78, 5) is 24.2. The second kappa shape index (κ2) is 23.8. The minimum Gasteiger partial charge on any atom is -0.477 e. The molecule has 1 amide bonds. The van der Waals surface area contributed by atoms with E-state index in [0.29, 0.717) is 0 Å². The van der Waals surface area contributed by atoms with E-state index in [0.717, 1.165) is 26.2 Å². The molecule has 52 heavy (non-hydrogen) atoms. The Morgan fingerprint density at radius 3 is 2.10 bits per heavy atom. The third-order valence-corrected chi connectivity index (χ3v) is 9.53. The van der Waals surface area contributed by atoms with Crippen LogP contribution in [0.5, 0.6) is 0 Å². The van der Waals surface area contributed by atoms with Gasteiger partial charge in [0.05, 0.1) is 44.1 Å². The number of nitrogens with two attached hydrogens (primary N) is 1. The van der Waals surface area contributed by atoms with Crippen LogP contribution in [0.1, 0.15) is 97.3 Å². The zero-order valence-electron chi connectivity index (χ0n) is 30.4. The highest BCUT2D eigenvalue weighted by molar-refractivity contribution is 5.76. The number of hydrogen-bond acceptors (Lipinski definition) is 15. The molecule has 2 saturated heterocycles.